The van der Waals surface area contributed by atoms with Gasteiger partial charge in [0, 0.05) is 0 Å². The van der Waals surface area contributed by atoms with Gasteiger partial charge in [-0.05, 0) is 49.1 Å². The molecule has 1 aliphatic carbocycles. The van der Waals surface area contributed by atoms with Gasteiger partial charge < -0.3 is 5.32 Å². The number of piperidine rings is 1. The molecule has 15 heavy (non-hydrogen) atoms. The summed E-state index contributed by atoms with van der Waals surface area (Å²) < 4.78 is 0. The van der Waals surface area contributed by atoms with Gasteiger partial charge in [-0.1, -0.05) is 40.0 Å². The lowest BCUT2D eigenvalue weighted by molar-refractivity contribution is -0.0241. The Morgan fingerprint density at radius 1 is 1.27 bits per heavy atom. The van der Waals surface area contributed by atoms with E-state index in [2.05, 4.69) is 26.1 Å². The lowest BCUT2D eigenvalue weighted by atomic mass is 9.54. The molecule has 88 valence electrons. The van der Waals surface area contributed by atoms with E-state index in [4.69, 9.17) is 0 Å². The van der Waals surface area contributed by atoms with Crippen molar-refractivity contribution < 1.29 is 0 Å². The fourth-order valence-corrected chi connectivity index (χ4v) is 4.28. The van der Waals surface area contributed by atoms with Crippen molar-refractivity contribution in [3.05, 3.63) is 0 Å². The molecule has 1 N–H and O–H groups in total. The molecule has 1 heterocycles. The van der Waals surface area contributed by atoms with Crippen LogP contribution in [0.1, 0.15) is 52.9 Å². The van der Waals surface area contributed by atoms with E-state index in [1.165, 1.54) is 45.2 Å². The minimum atomic E-state index is 0.692. The molecule has 4 atom stereocenters. The van der Waals surface area contributed by atoms with Crippen LogP contribution in [0.2, 0.25) is 0 Å². The molecule has 1 aliphatic heterocycles. The van der Waals surface area contributed by atoms with E-state index < -0.39 is 0 Å². The van der Waals surface area contributed by atoms with Crippen molar-refractivity contribution in [2.45, 2.75) is 52.9 Å². The highest BCUT2D eigenvalue weighted by molar-refractivity contribution is 4.98. The maximum atomic E-state index is 3.59. The van der Waals surface area contributed by atoms with E-state index in [1.807, 2.05) is 0 Å². The zero-order chi connectivity index (χ0) is 10.9. The van der Waals surface area contributed by atoms with Crippen LogP contribution in [0, 0.1) is 23.2 Å². The van der Waals surface area contributed by atoms with Crippen LogP contribution in [0.5, 0.6) is 0 Å². The van der Waals surface area contributed by atoms with E-state index in [0.29, 0.717) is 5.41 Å². The predicted octanol–water partition coefficient (Wildman–Crippen LogP) is 3.45. The molecule has 1 saturated heterocycles. The van der Waals surface area contributed by atoms with E-state index in [9.17, 15) is 0 Å². The van der Waals surface area contributed by atoms with Crippen molar-refractivity contribution >= 4 is 0 Å². The van der Waals surface area contributed by atoms with Crippen LogP contribution < -0.4 is 5.32 Å². The Bertz CT molecular complexity index is 205. The fraction of sp³-hybridized carbons (Fsp3) is 1.00. The van der Waals surface area contributed by atoms with E-state index in [0.717, 1.165) is 17.8 Å². The van der Waals surface area contributed by atoms with Crippen molar-refractivity contribution in [1.82, 2.24) is 5.32 Å². The number of nitrogens with one attached hydrogen (secondary N) is 1. The van der Waals surface area contributed by atoms with Crippen molar-refractivity contribution in [3.63, 3.8) is 0 Å². The molecule has 0 aromatic carbocycles. The summed E-state index contributed by atoms with van der Waals surface area (Å²) in [7, 11) is 0. The van der Waals surface area contributed by atoms with Crippen LogP contribution >= 0.6 is 0 Å². The Labute approximate surface area is 95.0 Å². The molecule has 1 spiro atoms. The van der Waals surface area contributed by atoms with Gasteiger partial charge in [-0.25, -0.2) is 0 Å². The molecule has 2 aliphatic rings. The average Bonchev–Trinajstić information content (AvgIpc) is 2.26. The normalized spacial score (nSPS) is 47.0. The van der Waals surface area contributed by atoms with E-state index >= 15 is 0 Å². The van der Waals surface area contributed by atoms with Crippen LogP contribution in [0.15, 0.2) is 0 Å². The maximum absolute atomic E-state index is 3.59. The molecule has 1 saturated carbocycles. The lowest BCUT2D eigenvalue weighted by Gasteiger charge is -2.53. The minimum absolute atomic E-state index is 0.692. The molecule has 0 aromatic heterocycles. The first kappa shape index (κ1) is 11.4. The number of hydrogen-bond acceptors (Lipinski definition) is 1. The van der Waals surface area contributed by atoms with Crippen molar-refractivity contribution in [2.24, 2.45) is 23.2 Å². The van der Waals surface area contributed by atoms with Gasteiger partial charge in [-0.3, -0.25) is 0 Å². The molecular formula is C14H27N. The molecule has 2 rings (SSSR count). The third kappa shape index (κ3) is 1.84. The first-order valence-corrected chi connectivity index (χ1v) is 6.91. The Balaban J connectivity index is 2.19. The van der Waals surface area contributed by atoms with Crippen LogP contribution in [0.3, 0.4) is 0 Å². The summed E-state index contributed by atoms with van der Waals surface area (Å²) in [6.45, 7) is 9.91. The van der Waals surface area contributed by atoms with Crippen molar-refractivity contribution in [3.8, 4) is 0 Å². The van der Waals surface area contributed by atoms with E-state index in [1.54, 1.807) is 0 Å². The quantitative estimate of drug-likeness (QED) is 0.697. The molecule has 0 radical (unpaired) electrons. The summed E-state index contributed by atoms with van der Waals surface area (Å²) in [5.41, 5.74) is 0.692. The topological polar surface area (TPSA) is 12.0 Å². The summed E-state index contributed by atoms with van der Waals surface area (Å²) in [5, 5.41) is 3.59. The second kappa shape index (κ2) is 4.45. The lowest BCUT2D eigenvalue weighted by Crippen LogP contribution is -2.51. The van der Waals surface area contributed by atoms with Gasteiger partial charge in [0.05, 0.1) is 0 Å². The SMILES string of the molecule is CCC1CNCCC12CCCC(C)C2C. The molecule has 4 unspecified atom stereocenters. The molecule has 2 fully saturated rings. The first-order chi connectivity index (χ1) is 7.20. The summed E-state index contributed by atoms with van der Waals surface area (Å²) in [4.78, 5) is 0. The molecule has 0 amide bonds. The van der Waals surface area contributed by atoms with Gasteiger partial charge in [-0.15, -0.1) is 0 Å². The Morgan fingerprint density at radius 2 is 2.07 bits per heavy atom. The third-order valence-electron chi connectivity index (χ3n) is 5.53. The molecule has 1 nitrogen and oxygen atoms in total. The summed E-state index contributed by atoms with van der Waals surface area (Å²) >= 11 is 0. The Hall–Kier alpha value is -0.0400. The Kier molecular flexibility index (Phi) is 3.39. The van der Waals surface area contributed by atoms with Gasteiger partial charge in [0.1, 0.15) is 0 Å². The zero-order valence-electron chi connectivity index (χ0n) is 10.7. The van der Waals surface area contributed by atoms with Crippen LogP contribution in [0.4, 0.5) is 0 Å². The second-order valence-electron chi connectivity index (χ2n) is 5.95. The highest BCUT2D eigenvalue weighted by Gasteiger charge is 2.46. The summed E-state index contributed by atoms with van der Waals surface area (Å²) in [6.07, 6.45) is 7.23. The number of hydrogen-bond donors (Lipinski definition) is 1. The highest BCUT2D eigenvalue weighted by atomic mass is 14.9. The first-order valence-electron chi connectivity index (χ1n) is 6.91. The molecule has 0 bridgehead atoms. The van der Waals surface area contributed by atoms with Gasteiger partial charge in [0.15, 0.2) is 0 Å². The third-order valence-corrected chi connectivity index (χ3v) is 5.53. The van der Waals surface area contributed by atoms with Gasteiger partial charge >= 0.3 is 0 Å². The standard InChI is InChI=1S/C14H27N/c1-4-13-10-15-9-8-14(13)7-5-6-11(2)12(14)3/h11-13,15H,4-10H2,1-3H3. The maximum Gasteiger partial charge on any atom is -0.00152 e. The second-order valence-corrected chi connectivity index (χ2v) is 5.95. The largest absolute Gasteiger partial charge is 0.316 e. The average molecular weight is 209 g/mol. The summed E-state index contributed by atoms with van der Waals surface area (Å²) in [5.74, 6) is 2.83. The highest BCUT2D eigenvalue weighted by Crippen LogP contribution is 2.53. The predicted molar refractivity (Wildman–Crippen MR) is 65.9 cm³/mol. The van der Waals surface area contributed by atoms with Gasteiger partial charge in [-0.2, -0.15) is 0 Å². The summed E-state index contributed by atoms with van der Waals surface area (Å²) in [6, 6.07) is 0. The molecule has 1 heteroatoms. The smallest absolute Gasteiger partial charge is 0.00152 e. The van der Waals surface area contributed by atoms with Crippen LogP contribution in [-0.4, -0.2) is 13.1 Å². The zero-order valence-corrected chi connectivity index (χ0v) is 10.7. The van der Waals surface area contributed by atoms with Crippen molar-refractivity contribution in [2.75, 3.05) is 13.1 Å². The molecule has 0 aromatic rings. The Morgan fingerprint density at radius 3 is 2.80 bits per heavy atom. The molecular weight excluding hydrogens is 182 g/mol. The van der Waals surface area contributed by atoms with Crippen molar-refractivity contribution in [1.29, 1.82) is 0 Å². The van der Waals surface area contributed by atoms with Crippen LogP contribution in [0.25, 0.3) is 0 Å². The monoisotopic (exact) mass is 209 g/mol. The number of rotatable bonds is 1. The van der Waals surface area contributed by atoms with Gasteiger partial charge in [0.25, 0.3) is 0 Å². The van der Waals surface area contributed by atoms with E-state index in [-0.39, 0.29) is 0 Å². The fourth-order valence-electron chi connectivity index (χ4n) is 4.28. The van der Waals surface area contributed by atoms with Gasteiger partial charge in [0.2, 0.25) is 0 Å². The van der Waals surface area contributed by atoms with Crippen LogP contribution in [-0.2, 0) is 0 Å². The minimum Gasteiger partial charge on any atom is -0.316 e.